The van der Waals surface area contributed by atoms with E-state index in [1.54, 1.807) is 36.4 Å². The van der Waals surface area contributed by atoms with E-state index in [0.717, 1.165) is 6.26 Å². The van der Waals surface area contributed by atoms with Crippen LogP contribution in [-0.4, -0.2) is 56.0 Å². The average Bonchev–Trinajstić information content (AvgIpc) is 3.04. The molecule has 5 rings (SSSR count). The lowest BCUT2D eigenvalue weighted by atomic mass is 9.86. The first-order chi connectivity index (χ1) is 23.2. The van der Waals surface area contributed by atoms with Gasteiger partial charge in [0.1, 0.15) is 22.0 Å². The molecule has 2 amide bonds. The van der Waals surface area contributed by atoms with Crippen molar-refractivity contribution in [1.82, 2.24) is 9.97 Å². The number of carbonyl (C=O) groups is 2. The standard InChI is InChI=1S/C35H35N5O8S/c1-35(2,3)20-17-26(31(47-5)29(18-20)49(6,44)45)39-34(43)38-25-13-14-27(23-10-8-7-9-22(23)25)48-30-15-16-36-33(40-30)37-21-11-12-24(32(41)42)28(19-21)46-4/h7-19H,1-6H3,(H,41,42)(H,36,37,40)(H2,38,39,43). The van der Waals surface area contributed by atoms with Crippen molar-refractivity contribution in [2.75, 3.05) is 36.4 Å². The molecule has 0 fully saturated rings. The molecule has 0 aliphatic rings. The minimum Gasteiger partial charge on any atom is -0.496 e. The summed E-state index contributed by atoms with van der Waals surface area (Å²) < 4.78 is 42.1. The molecule has 4 aromatic carbocycles. The Labute approximate surface area is 283 Å². The highest BCUT2D eigenvalue weighted by molar-refractivity contribution is 7.90. The third kappa shape index (κ3) is 7.81. The Hall–Kier alpha value is -5.89. The molecule has 254 valence electrons. The molecule has 0 saturated carbocycles. The van der Waals surface area contributed by atoms with Crippen LogP contribution in [0, 0.1) is 0 Å². The Kier molecular flexibility index (Phi) is 9.62. The van der Waals surface area contributed by atoms with Gasteiger partial charge in [-0.1, -0.05) is 45.0 Å². The number of benzene rings is 4. The highest BCUT2D eigenvalue weighted by Gasteiger charge is 2.25. The number of ether oxygens (including phenoxy) is 3. The van der Waals surface area contributed by atoms with Gasteiger partial charge in [0.2, 0.25) is 11.8 Å². The number of aromatic nitrogens is 2. The molecule has 13 nitrogen and oxygen atoms in total. The summed E-state index contributed by atoms with van der Waals surface area (Å²) in [5.74, 6) is -0.0200. The van der Waals surface area contributed by atoms with Gasteiger partial charge in [-0.25, -0.2) is 23.0 Å². The summed E-state index contributed by atoms with van der Waals surface area (Å²) in [4.78, 5) is 33.4. The van der Waals surface area contributed by atoms with Gasteiger partial charge in [-0.05, 0) is 47.4 Å². The van der Waals surface area contributed by atoms with Crippen molar-refractivity contribution in [2.45, 2.75) is 31.1 Å². The minimum atomic E-state index is -3.68. The number of nitrogens with zero attached hydrogens (tertiary/aromatic N) is 2. The number of carboxylic acid groups (broad SMARTS) is 1. The predicted molar refractivity (Wildman–Crippen MR) is 187 cm³/mol. The molecule has 0 saturated heterocycles. The summed E-state index contributed by atoms with van der Waals surface area (Å²) in [5.41, 5.74) is 1.50. The fourth-order valence-corrected chi connectivity index (χ4v) is 5.88. The lowest BCUT2D eigenvalue weighted by molar-refractivity contribution is 0.0693. The van der Waals surface area contributed by atoms with Crippen molar-refractivity contribution in [3.05, 3.63) is 90.1 Å². The zero-order chi connectivity index (χ0) is 35.5. The van der Waals surface area contributed by atoms with Crippen LogP contribution in [0.1, 0.15) is 36.7 Å². The predicted octanol–water partition coefficient (Wildman–Crippen LogP) is 7.23. The summed E-state index contributed by atoms with van der Waals surface area (Å²) in [6, 6.07) is 19.4. The molecule has 14 heteroatoms. The van der Waals surface area contributed by atoms with Crippen LogP contribution in [0.5, 0.6) is 23.1 Å². The van der Waals surface area contributed by atoms with E-state index in [4.69, 9.17) is 14.2 Å². The lowest BCUT2D eigenvalue weighted by Gasteiger charge is -2.23. The third-order valence-electron chi connectivity index (χ3n) is 7.44. The van der Waals surface area contributed by atoms with E-state index in [2.05, 4.69) is 25.9 Å². The molecular weight excluding hydrogens is 650 g/mol. The van der Waals surface area contributed by atoms with Gasteiger partial charge in [0.15, 0.2) is 15.6 Å². The summed E-state index contributed by atoms with van der Waals surface area (Å²) >= 11 is 0. The van der Waals surface area contributed by atoms with Gasteiger partial charge in [0, 0.05) is 41.0 Å². The highest BCUT2D eigenvalue weighted by atomic mass is 32.2. The van der Waals surface area contributed by atoms with Gasteiger partial charge in [-0.15, -0.1) is 0 Å². The van der Waals surface area contributed by atoms with E-state index in [1.165, 1.54) is 32.5 Å². The third-order valence-corrected chi connectivity index (χ3v) is 8.54. The number of carboxylic acids is 1. The van der Waals surface area contributed by atoms with Gasteiger partial charge in [0.25, 0.3) is 0 Å². The van der Waals surface area contributed by atoms with Crippen molar-refractivity contribution >= 4 is 55.6 Å². The minimum absolute atomic E-state index is 0.0175. The number of nitrogens with one attached hydrogen (secondary N) is 3. The van der Waals surface area contributed by atoms with E-state index in [-0.39, 0.29) is 39.5 Å². The average molecular weight is 686 g/mol. The summed E-state index contributed by atoms with van der Waals surface area (Å²) in [5, 5.41) is 19.3. The second-order valence-corrected chi connectivity index (χ2v) is 14.0. The summed E-state index contributed by atoms with van der Waals surface area (Å²) in [7, 11) is -0.947. The number of anilines is 4. The first-order valence-corrected chi connectivity index (χ1v) is 16.8. The molecule has 1 heterocycles. The maximum Gasteiger partial charge on any atom is 0.339 e. The van der Waals surface area contributed by atoms with Crippen LogP contribution in [0.25, 0.3) is 10.8 Å². The zero-order valence-corrected chi connectivity index (χ0v) is 28.4. The smallest absolute Gasteiger partial charge is 0.339 e. The molecule has 0 spiro atoms. The first kappa shape index (κ1) is 34.4. The Bertz CT molecular complexity index is 2180. The van der Waals surface area contributed by atoms with Crippen molar-refractivity contribution in [1.29, 1.82) is 0 Å². The molecule has 0 aliphatic carbocycles. The van der Waals surface area contributed by atoms with E-state index in [0.29, 0.717) is 33.5 Å². The van der Waals surface area contributed by atoms with Gasteiger partial charge >= 0.3 is 12.0 Å². The highest BCUT2D eigenvalue weighted by Crippen LogP contribution is 2.39. The van der Waals surface area contributed by atoms with E-state index >= 15 is 0 Å². The number of aromatic carboxylic acids is 1. The first-order valence-electron chi connectivity index (χ1n) is 14.9. The number of carbonyl (C=O) groups excluding carboxylic acids is 1. The van der Waals surface area contributed by atoms with E-state index in [9.17, 15) is 23.1 Å². The van der Waals surface area contributed by atoms with Gasteiger partial charge < -0.3 is 35.3 Å². The molecule has 0 aliphatic heterocycles. The molecule has 5 aromatic rings. The number of rotatable bonds is 10. The maximum absolute atomic E-state index is 13.4. The molecule has 0 bridgehead atoms. The second-order valence-electron chi connectivity index (χ2n) is 12.0. The van der Waals surface area contributed by atoms with Crippen LogP contribution >= 0.6 is 0 Å². The van der Waals surface area contributed by atoms with Crippen LogP contribution in [0.4, 0.5) is 27.8 Å². The van der Waals surface area contributed by atoms with Crippen LogP contribution in [0.3, 0.4) is 0 Å². The SMILES string of the molecule is COc1cc(Nc2nccc(Oc3ccc(NC(=O)Nc4cc(C(C)(C)C)cc(S(C)(=O)=O)c4OC)c4ccccc34)n2)ccc1C(=O)O. The molecule has 4 N–H and O–H groups in total. The normalized spacial score (nSPS) is 11.5. The number of hydrogen-bond donors (Lipinski definition) is 4. The Morgan fingerprint density at radius 1 is 0.837 bits per heavy atom. The van der Waals surface area contributed by atoms with E-state index in [1.807, 2.05) is 45.0 Å². The van der Waals surface area contributed by atoms with Crippen LogP contribution in [-0.2, 0) is 15.3 Å². The van der Waals surface area contributed by atoms with Crippen molar-refractivity contribution in [2.24, 2.45) is 0 Å². The number of methoxy groups -OCH3 is 2. The van der Waals surface area contributed by atoms with Crippen molar-refractivity contribution in [3.63, 3.8) is 0 Å². The number of sulfone groups is 1. The van der Waals surface area contributed by atoms with Crippen LogP contribution in [0.2, 0.25) is 0 Å². The van der Waals surface area contributed by atoms with Crippen molar-refractivity contribution < 1.29 is 37.3 Å². The van der Waals surface area contributed by atoms with Crippen LogP contribution < -0.4 is 30.2 Å². The largest absolute Gasteiger partial charge is 0.496 e. The second kappa shape index (κ2) is 13.7. The molecule has 0 radical (unpaired) electrons. The molecule has 49 heavy (non-hydrogen) atoms. The molecule has 0 unspecified atom stereocenters. The number of urea groups is 1. The Morgan fingerprint density at radius 2 is 1.55 bits per heavy atom. The Balaban J connectivity index is 1.39. The quantitative estimate of drug-likeness (QED) is 0.117. The van der Waals surface area contributed by atoms with Gasteiger partial charge in [-0.3, -0.25) is 0 Å². The number of amides is 2. The molecular formula is C35H35N5O8S. The summed E-state index contributed by atoms with van der Waals surface area (Å²) in [6.07, 6.45) is 2.60. The number of hydrogen-bond acceptors (Lipinski definition) is 10. The van der Waals surface area contributed by atoms with Crippen molar-refractivity contribution in [3.8, 4) is 23.1 Å². The van der Waals surface area contributed by atoms with Gasteiger partial charge in [0.05, 0.1) is 25.6 Å². The molecule has 1 aromatic heterocycles. The zero-order valence-electron chi connectivity index (χ0n) is 27.6. The topological polar surface area (TPSA) is 178 Å². The molecule has 0 atom stereocenters. The van der Waals surface area contributed by atoms with E-state index < -0.39 is 27.3 Å². The Morgan fingerprint density at radius 3 is 2.20 bits per heavy atom. The maximum atomic E-state index is 13.4. The monoisotopic (exact) mass is 685 g/mol. The fraction of sp³-hybridized carbons (Fsp3) is 0.200. The van der Waals surface area contributed by atoms with Gasteiger partial charge in [-0.2, -0.15) is 4.98 Å². The lowest BCUT2D eigenvalue weighted by Crippen LogP contribution is -2.22. The fourth-order valence-electron chi connectivity index (χ4n) is 5.01. The summed E-state index contributed by atoms with van der Waals surface area (Å²) in [6.45, 7) is 5.83. The van der Waals surface area contributed by atoms with Crippen LogP contribution in [0.15, 0.2) is 83.9 Å². The number of fused-ring (bicyclic) bond motifs is 1.